The van der Waals surface area contributed by atoms with E-state index in [1.807, 2.05) is 0 Å². The summed E-state index contributed by atoms with van der Waals surface area (Å²) in [6.07, 6.45) is 2.51. The third-order valence-electron chi connectivity index (χ3n) is 4.55. The monoisotopic (exact) mass is 378 g/mol. The van der Waals surface area contributed by atoms with Crippen LogP contribution < -0.4 is 10.1 Å². The van der Waals surface area contributed by atoms with E-state index in [1.54, 1.807) is 36.6 Å². The molecule has 4 nitrogen and oxygen atoms in total. The Hall–Kier alpha value is -1.40. The van der Waals surface area contributed by atoms with Crippen LogP contribution in [0.4, 0.5) is 0 Å². The second-order valence-electron chi connectivity index (χ2n) is 6.18. The highest BCUT2D eigenvalue weighted by Gasteiger charge is 2.24. The Balaban J connectivity index is 1.58. The predicted molar refractivity (Wildman–Crippen MR) is 103 cm³/mol. The third kappa shape index (κ3) is 4.61. The van der Waals surface area contributed by atoms with Crippen LogP contribution in [0.3, 0.4) is 0 Å². The van der Waals surface area contributed by atoms with Gasteiger partial charge in [0.15, 0.2) is 5.78 Å². The van der Waals surface area contributed by atoms with Crippen molar-refractivity contribution in [3.05, 3.63) is 51.2 Å². The molecule has 1 N–H and O–H groups in total. The number of benzene rings is 1. The molecule has 1 aromatic heterocycles. The predicted octanol–water partition coefficient (Wildman–Crippen LogP) is 4.02. The topological polar surface area (TPSA) is 41.6 Å². The van der Waals surface area contributed by atoms with E-state index in [0.717, 1.165) is 19.6 Å². The number of ether oxygens (including phenoxy) is 1. The molecule has 1 aromatic carbocycles. The first-order chi connectivity index (χ1) is 12.2. The molecule has 0 aliphatic carbocycles. The number of Topliss-reactive ketones (excluding diaryl/α,β-unsaturated/α-hetero) is 1. The van der Waals surface area contributed by atoms with Gasteiger partial charge >= 0.3 is 0 Å². The lowest BCUT2D eigenvalue weighted by Crippen LogP contribution is -2.35. The second kappa shape index (κ2) is 8.81. The largest absolute Gasteiger partial charge is 0.495 e. The maximum absolute atomic E-state index is 12.4. The molecule has 0 bridgehead atoms. The zero-order valence-electron chi connectivity index (χ0n) is 14.3. The summed E-state index contributed by atoms with van der Waals surface area (Å²) in [6.45, 7) is 3.34. The van der Waals surface area contributed by atoms with E-state index in [9.17, 15) is 4.79 Å². The number of halogens is 1. The first-order valence-electron chi connectivity index (χ1n) is 8.54. The number of thiophene rings is 1. The number of likely N-dealkylation sites (tertiary alicyclic amines) is 1. The van der Waals surface area contributed by atoms with Gasteiger partial charge in [0.25, 0.3) is 0 Å². The molecule has 1 aliphatic heterocycles. The van der Waals surface area contributed by atoms with E-state index >= 15 is 0 Å². The van der Waals surface area contributed by atoms with Crippen LogP contribution in [0.1, 0.15) is 34.1 Å². The standard InChI is InChI=1S/C19H23ClN2O2S/c1-24-18-7-6-14(11-15(18)20)17(23)13-21-12-16(19-5-4-10-25-19)22-8-2-3-9-22/h4-7,10-11,16,21H,2-3,8-9,12-13H2,1H3. The van der Waals surface area contributed by atoms with Crippen molar-refractivity contribution >= 4 is 28.7 Å². The van der Waals surface area contributed by atoms with Crippen LogP contribution in [0.2, 0.25) is 5.02 Å². The van der Waals surface area contributed by atoms with Crippen molar-refractivity contribution in [2.75, 3.05) is 33.3 Å². The lowest BCUT2D eigenvalue weighted by molar-refractivity contribution is 0.0987. The molecular formula is C19H23ClN2O2S. The SMILES string of the molecule is COc1ccc(C(=O)CNCC(c2cccs2)N2CCCC2)cc1Cl. The maximum Gasteiger partial charge on any atom is 0.176 e. The summed E-state index contributed by atoms with van der Waals surface area (Å²) in [5.74, 6) is 0.619. The van der Waals surface area contributed by atoms with Crippen LogP contribution in [-0.2, 0) is 0 Å². The Morgan fingerprint density at radius 3 is 2.80 bits per heavy atom. The van der Waals surface area contributed by atoms with Crippen LogP contribution in [0.25, 0.3) is 0 Å². The molecular weight excluding hydrogens is 356 g/mol. The smallest absolute Gasteiger partial charge is 0.176 e. The molecule has 1 fully saturated rings. The molecule has 0 saturated carbocycles. The van der Waals surface area contributed by atoms with Crippen molar-refractivity contribution in [3.63, 3.8) is 0 Å². The number of hydrogen-bond donors (Lipinski definition) is 1. The summed E-state index contributed by atoms with van der Waals surface area (Å²) in [5.41, 5.74) is 0.604. The number of nitrogens with zero attached hydrogens (tertiary/aromatic N) is 1. The number of hydrogen-bond acceptors (Lipinski definition) is 5. The Morgan fingerprint density at radius 1 is 1.36 bits per heavy atom. The van der Waals surface area contributed by atoms with Crippen molar-refractivity contribution in [1.82, 2.24) is 10.2 Å². The van der Waals surface area contributed by atoms with Gasteiger partial charge in [0.05, 0.1) is 24.7 Å². The summed E-state index contributed by atoms with van der Waals surface area (Å²) in [5, 5.41) is 5.91. The molecule has 1 atom stereocenters. The molecule has 0 spiro atoms. The minimum absolute atomic E-state index is 0.0379. The van der Waals surface area contributed by atoms with E-state index in [4.69, 9.17) is 16.3 Å². The van der Waals surface area contributed by atoms with Crippen molar-refractivity contribution in [2.45, 2.75) is 18.9 Å². The van der Waals surface area contributed by atoms with Gasteiger partial charge in [-0.1, -0.05) is 17.7 Å². The van der Waals surface area contributed by atoms with Gasteiger partial charge in [-0.2, -0.15) is 0 Å². The van der Waals surface area contributed by atoms with Gasteiger partial charge in [-0.05, 0) is 55.6 Å². The molecule has 25 heavy (non-hydrogen) atoms. The number of nitrogens with one attached hydrogen (secondary N) is 1. The Bertz CT molecular complexity index is 699. The number of ketones is 1. The Labute approximate surface area is 157 Å². The van der Waals surface area contributed by atoms with Gasteiger partial charge in [0.1, 0.15) is 5.75 Å². The van der Waals surface area contributed by atoms with Crippen LogP contribution in [0.5, 0.6) is 5.75 Å². The molecule has 3 rings (SSSR count). The molecule has 1 aliphatic rings. The molecule has 2 heterocycles. The minimum atomic E-state index is 0.0379. The van der Waals surface area contributed by atoms with Crippen LogP contribution in [-0.4, -0.2) is 44.0 Å². The number of methoxy groups -OCH3 is 1. The highest BCUT2D eigenvalue weighted by molar-refractivity contribution is 7.10. The number of carbonyl (C=O) groups is 1. The normalized spacial score (nSPS) is 16.1. The fourth-order valence-corrected chi connectivity index (χ4v) is 4.33. The van der Waals surface area contributed by atoms with Gasteiger partial charge in [0, 0.05) is 17.0 Å². The Kier molecular flexibility index (Phi) is 6.48. The third-order valence-corrected chi connectivity index (χ3v) is 5.82. The van der Waals surface area contributed by atoms with E-state index in [0.29, 0.717) is 28.9 Å². The van der Waals surface area contributed by atoms with Crippen LogP contribution in [0, 0.1) is 0 Å². The number of carbonyl (C=O) groups excluding carboxylic acids is 1. The van der Waals surface area contributed by atoms with E-state index in [1.165, 1.54) is 17.7 Å². The first-order valence-corrected chi connectivity index (χ1v) is 9.79. The van der Waals surface area contributed by atoms with Gasteiger partial charge in [-0.25, -0.2) is 0 Å². The molecule has 0 amide bonds. The average Bonchev–Trinajstić information content (AvgIpc) is 3.32. The van der Waals surface area contributed by atoms with Crippen molar-refractivity contribution < 1.29 is 9.53 Å². The van der Waals surface area contributed by atoms with Crippen molar-refractivity contribution in [3.8, 4) is 5.75 Å². The zero-order valence-corrected chi connectivity index (χ0v) is 15.9. The summed E-state index contributed by atoms with van der Waals surface area (Å²) < 4.78 is 5.13. The van der Waals surface area contributed by atoms with Crippen molar-refractivity contribution in [2.24, 2.45) is 0 Å². The fourth-order valence-electron chi connectivity index (χ4n) is 3.21. The first kappa shape index (κ1) is 18.4. The van der Waals surface area contributed by atoms with Gasteiger partial charge < -0.3 is 10.1 Å². The summed E-state index contributed by atoms with van der Waals surface area (Å²) in [6, 6.07) is 9.77. The molecule has 6 heteroatoms. The summed E-state index contributed by atoms with van der Waals surface area (Å²) in [7, 11) is 1.56. The minimum Gasteiger partial charge on any atom is -0.495 e. The van der Waals surface area contributed by atoms with Crippen LogP contribution in [0.15, 0.2) is 35.7 Å². The highest BCUT2D eigenvalue weighted by Crippen LogP contribution is 2.28. The summed E-state index contributed by atoms with van der Waals surface area (Å²) in [4.78, 5) is 16.3. The van der Waals surface area contributed by atoms with Crippen LogP contribution >= 0.6 is 22.9 Å². The lowest BCUT2D eigenvalue weighted by atomic mass is 10.1. The second-order valence-corrected chi connectivity index (χ2v) is 7.56. The molecule has 2 aromatic rings. The highest BCUT2D eigenvalue weighted by atomic mass is 35.5. The maximum atomic E-state index is 12.4. The van der Waals surface area contributed by atoms with E-state index in [-0.39, 0.29) is 5.78 Å². The quantitative estimate of drug-likeness (QED) is 0.704. The lowest BCUT2D eigenvalue weighted by Gasteiger charge is -2.27. The van der Waals surface area contributed by atoms with Gasteiger partial charge in [-0.3, -0.25) is 9.69 Å². The average molecular weight is 379 g/mol. The van der Waals surface area contributed by atoms with Gasteiger partial charge in [-0.15, -0.1) is 11.3 Å². The fraction of sp³-hybridized carbons (Fsp3) is 0.421. The van der Waals surface area contributed by atoms with Gasteiger partial charge in [0.2, 0.25) is 0 Å². The number of rotatable bonds is 8. The Morgan fingerprint density at radius 2 is 2.16 bits per heavy atom. The molecule has 1 saturated heterocycles. The van der Waals surface area contributed by atoms with E-state index < -0.39 is 0 Å². The molecule has 1 unspecified atom stereocenters. The molecule has 134 valence electrons. The zero-order chi connectivity index (χ0) is 17.6. The van der Waals surface area contributed by atoms with E-state index in [2.05, 4.69) is 27.7 Å². The molecule has 0 radical (unpaired) electrons. The van der Waals surface area contributed by atoms with Crippen molar-refractivity contribution in [1.29, 1.82) is 0 Å². The summed E-state index contributed by atoms with van der Waals surface area (Å²) >= 11 is 7.89.